The number of ether oxygens (including phenoxy) is 1. The number of benzene rings is 1. The first kappa shape index (κ1) is 30.0. The molecule has 1 fully saturated rings. The highest BCUT2D eigenvalue weighted by molar-refractivity contribution is 7.71. The Morgan fingerprint density at radius 3 is 2.62 bits per heavy atom. The second kappa shape index (κ2) is 11.5. The Balaban J connectivity index is 1.59. The second-order valence-electron chi connectivity index (χ2n) is 9.22. The minimum Gasteiger partial charge on any atom is -0.387 e. The zero-order valence-electron chi connectivity index (χ0n) is 21.1. The standard InChI is InChI=1S/C22H29ClFN5O8P2/c1-12(13-6-4-5-7-15(13)24)26-16-8-18(23)27-21-14(16)9-25-29(21)22-20(31)19(30)17(37-22)10-28(2)38(32,36-3)11-39(33,34)35/h4-9,12,17,19-20,22,30-31H,10-11H2,1-3H3,(H,26,27)(H2,33,34,35)/t12-,17+,19+,20+,22+,38?/m0/s1. The highest BCUT2D eigenvalue weighted by atomic mass is 35.5. The average Bonchev–Trinajstić information content (AvgIpc) is 3.39. The summed E-state index contributed by atoms with van der Waals surface area (Å²) in [4.78, 5) is 22.9. The molecule has 0 saturated carbocycles. The smallest absolute Gasteiger partial charge is 0.336 e. The van der Waals surface area contributed by atoms with Crippen molar-refractivity contribution in [2.75, 3.05) is 31.9 Å². The lowest BCUT2D eigenvalue weighted by atomic mass is 10.1. The number of aliphatic hydroxyl groups excluding tert-OH is 2. The molecule has 5 N–H and O–H groups in total. The van der Waals surface area contributed by atoms with Gasteiger partial charge in [0.25, 0.3) is 7.52 Å². The van der Waals surface area contributed by atoms with Crippen molar-refractivity contribution in [2.45, 2.75) is 37.5 Å². The molecule has 17 heteroatoms. The quantitative estimate of drug-likeness (QED) is 0.168. The monoisotopic (exact) mass is 607 g/mol. The van der Waals surface area contributed by atoms with E-state index in [-0.39, 0.29) is 23.2 Å². The maximum Gasteiger partial charge on any atom is 0.336 e. The van der Waals surface area contributed by atoms with Gasteiger partial charge in [-0.15, -0.1) is 0 Å². The van der Waals surface area contributed by atoms with Crippen molar-refractivity contribution in [2.24, 2.45) is 0 Å². The molecule has 1 aromatic carbocycles. The number of halogens is 2. The second-order valence-corrected chi connectivity index (χ2v) is 14.4. The third-order valence-electron chi connectivity index (χ3n) is 6.47. The Hall–Kier alpha value is -1.96. The SMILES string of the molecule is COP(=O)(CP(=O)(O)O)N(C)C[C@H]1O[C@@H](n2ncc3c(N[C@@H](C)c4ccccc4F)cc(Cl)nc32)[C@H](O)[C@@H]1O. The zero-order chi connectivity index (χ0) is 28.7. The van der Waals surface area contributed by atoms with E-state index < -0.39 is 51.6 Å². The van der Waals surface area contributed by atoms with E-state index in [1.165, 1.54) is 24.0 Å². The highest BCUT2D eigenvalue weighted by Crippen LogP contribution is 2.59. The number of nitrogens with zero attached hydrogens (tertiary/aromatic N) is 4. The molecule has 0 amide bonds. The molecule has 0 radical (unpaired) electrons. The van der Waals surface area contributed by atoms with Crippen molar-refractivity contribution >= 4 is 43.4 Å². The van der Waals surface area contributed by atoms with E-state index in [2.05, 4.69) is 15.4 Å². The predicted octanol–water partition coefficient (Wildman–Crippen LogP) is 2.92. The summed E-state index contributed by atoms with van der Waals surface area (Å²) in [7, 11) is -6.31. The molecule has 2 aromatic heterocycles. The molecule has 214 valence electrons. The lowest BCUT2D eigenvalue weighted by Crippen LogP contribution is -2.38. The van der Waals surface area contributed by atoms with Gasteiger partial charge in [-0.2, -0.15) is 5.10 Å². The van der Waals surface area contributed by atoms with Gasteiger partial charge in [-0.3, -0.25) is 9.13 Å². The molecular weight excluding hydrogens is 579 g/mol. The van der Waals surface area contributed by atoms with Crippen LogP contribution in [0, 0.1) is 5.82 Å². The van der Waals surface area contributed by atoms with Crippen molar-refractivity contribution in [3.8, 4) is 0 Å². The highest BCUT2D eigenvalue weighted by Gasteiger charge is 2.47. The van der Waals surface area contributed by atoms with Crippen molar-refractivity contribution in [3.05, 3.63) is 53.1 Å². The molecular formula is C22H29ClFN5O8P2. The predicted molar refractivity (Wildman–Crippen MR) is 141 cm³/mol. The van der Waals surface area contributed by atoms with Crippen LogP contribution in [0.2, 0.25) is 5.15 Å². The fraction of sp³-hybridized carbons (Fsp3) is 0.455. The van der Waals surface area contributed by atoms with Crippen LogP contribution in [0.4, 0.5) is 10.1 Å². The molecule has 39 heavy (non-hydrogen) atoms. The van der Waals surface area contributed by atoms with Gasteiger partial charge in [-0.25, -0.2) is 18.7 Å². The molecule has 4 rings (SSSR count). The van der Waals surface area contributed by atoms with Crippen molar-refractivity contribution in [3.63, 3.8) is 0 Å². The van der Waals surface area contributed by atoms with E-state index in [4.69, 9.17) is 20.9 Å². The van der Waals surface area contributed by atoms with Gasteiger partial charge in [0, 0.05) is 19.2 Å². The van der Waals surface area contributed by atoms with Crippen LogP contribution in [0.15, 0.2) is 36.5 Å². The van der Waals surface area contributed by atoms with E-state index in [1.54, 1.807) is 31.2 Å². The van der Waals surface area contributed by atoms with Gasteiger partial charge < -0.3 is 34.6 Å². The fourth-order valence-electron chi connectivity index (χ4n) is 4.44. The molecule has 6 atom stereocenters. The Labute approximate surface area is 228 Å². The summed E-state index contributed by atoms with van der Waals surface area (Å²) in [5, 5.41) is 29.5. The lowest BCUT2D eigenvalue weighted by molar-refractivity contribution is -0.0449. The average molecular weight is 608 g/mol. The fourth-order valence-corrected chi connectivity index (χ4v) is 8.50. The number of nitrogens with one attached hydrogen (secondary N) is 1. The number of likely N-dealkylation sites (N-methyl/N-ethyl adjacent to an activating group) is 1. The van der Waals surface area contributed by atoms with Crippen LogP contribution in [0.25, 0.3) is 11.0 Å². The van der Waals surface area contributed by atoms with E-state index in [9.17, 15) is 33.5 Å². The zero-order valence-corrected chi connectivity index (χ0v) is 23.7. The van der Waals surface area contributed by atoms with Gasteiger partial charge in [0.15, 0.2) is 11.9 Å². The van der Waals surface area contributed by atoms with Crippen LogP contribution in [-0.2, 0) is 18.4 Å². The maximum absolute atomic E-state index is 14.3. The van der Waals surface area contributed by atoms with E-state index in [0.29, 0.717) is 16.6 Å². The van der Waals surface area contributed by atoms with Crippen LogP contribution in [0.5, 0.6) is 0 Å². The molecule has 0 aliphatic carbocycles. The number of anilines is 1. The minimum absolute atomic E-state index is 0.0790. The van der Waals surface area contributed by atoms with Crippen molar-refractivity contribution in [1.82, 2.24) is 19.4 Å². The van der Waals surface area contributed by atoms with Gasteiger partial charge >= 0.3 is 7.60 Å². The number of rotatable bonds is 10. The van der Waals surface area contributed by atoms with Crippen molar-refractivity contribution in [1.29, 1.82) is 0 Å². The molecule has 0 spiro atoms. The van der Waals surface area contributed by atoms with E-state index in [1.807, 2.05) is 0 Å². The van der Waals surface area contributed by atoms with Gasteiger partial charge in [0.2, 0.25) is 0 Å². The Kier molecular flexibility index (Phi) is 8.85. The summed E-state index contributed by atoms with van der Waals surface area (Å²) in [6.07, 6.45) is -3.88. The normalized spacial score (nSPS) is 24.3. The van der Waals surface area contributed by atoms with Crippen LogP contribution in [0.3, 0.4) is 0 Å². The van der Waals surface area contributed by atoms with Crippen LogP contribution in [-0.4, -0.2) is 84.4 Å². The summed E-state index contributed by atoms with van der Waals surface area (Å²) in [5.74, 6) is -1.41. The topological polar surface area (TPSA) is 180 Å². The summed E-state index contributed by atoms with van der Waals surface area (Å²) in [6.45, 7) is 1.48. The molecule has 0 bridgehead atoms. The van der Waals surface area contributed by atoms with Gasteiger partial charge in [-0.1, -0.05) is 29.8 Å². The number of aromatic nitrogens is 3. The van der Waals surface area contributed by atoms with Crippen LogP contribution >= 0.6 is 26.7 Å². The van der Waals surface area contributed by atoms with Crippen LogP contribution < -0.4 is 5.32 Å². The molecule has 1 saturated heterocycles. The molecule has 1 aliphatic rings. The first-order valence-corrected chi connectivity index (χ1v) is 15.6. The number of fused-ring (bicyclic) bond motifs is 1. The summed E-state index contributed by atoms with van der Waals surface area (Å²) >= 11 is 6.27. The third-order valence-corrected chi connectivity index (χ3v) is 11.3. The van der Waals surface area contributed by atoms with Gasteiger partial charge in [-0.05, 0) is 26.1 Å². The first-order valence-electron chi connectivity index (χ1n) is 11.7. The third kappa shape index (κ3) is 6.36. The summed E-state index contributed by atoms with van der Waals surface area (Å²) in [6, 6.07) is 7.43. The van der Waals surface area contributed by atoms with E-state index in [0.717, 1.165) is 11.8 Å². The van der Waals surface area contributed by atoms with Crippen LogP contribution in [0.1, 0.15) is 24.8 Å². The lowest BCUT2D eigenvalue weighted by Gasteiger charge is -2.29. The Morgan fingerprint density at radius 2 is 1.97 bits per heavy atom. The summed E-state index contributed by atoms with van der Waals surface area (Å²) < 4.78 is 51.8. The molecule has 1 aliphatic heterocycles. The largest absolute Gasteiger partial charge is 0.387 e. The Morgan fingerprint density at radius 1 is 1.28 bits per heavy atom. The molecule has 3 aromatic rings. The first-order chi connectivity index (χ1) is 18.2. The molecule has 13 nitrogen and oxygen atoms in total. The summed E-state index contributed by atoms with van der Waals surface area (Å²) in [5.41, 5.74) is 1.14. The van der Waals surface area contributed by atoms with Gasteiger partial charge in [0.05, 0.1) is 23.3 Å². The molecule has 1 unspecified atom stereocenters. The number of aliphatic hydroxyl groups is 2. The Bertz CT molecular complexity index is 1440. The maximum atomic E-state index is 14.3. The molecule has 3 heterocycles. The van der Waals surface area contributed by atoms with E-state index >= 15 is 0 Å². The number of hydrogen-bond donors (Lipinski definition) is 5. The number of hydrogen-bond acceptors (Lipinski definition) is 9. The number of pyridine rings is 1. The minimum atomic E-state index is -4.70. The van der Waals surface area contributed by atoms with Gasteiger partial charge in [0.1, 0.15) is 35.2 Å². The van der Waals surface area contributed by atoms with Crippen molar-refractivity contribution < 1.29 is 42.8 Å².